The number of nitrogens with one attached hydrogen (secondary N) is 1. The summed E-state index contributed by atoms with van der Waals surface area (Å²) in [5, 5.41) is 23.9. The number of nitrogen functional groups attached to an aromatic ring is 1. The van der Waals surface area contributed by atoms with Crippen molar-refractivity contribution in [1.29, 1.82) is 0 Å². The van der Waals surface area contributed by atoms with Gasteiger partial charge >= 0.3 is 11.6 Å². The lowest BCUT2D eigenvalue weighted by molar-refractivity contribution is -0.885. The van der Waals surface area contributed by atoms with Crippen molar-refractivity contribution >= 4 is 34.4 Å². The molecule has 4 rings (SSSR count). The number of hydrogen-bond donors (Lipinski definition) is 4. The van der Waals surface area contributed by atoms with E-state index in [0.29, 0.717) is 34.8 Å². The van der Waals surface area contributed by atoms with E-state index >= 15 is 0 Å². The molecule has 1 aliphatic rings. The van der Waals surface area contributed by atoms with E-state index in [4.69, 9.17) is 10.5 Å². The highest BCUT2D eigenvalue weighted by molar-refractivity contribution is 6.04. The molecule has 0 radical (unpaired) electrons. The van der Waals surface area contributed by atoms with Crippen molar-refractivity contribution in [3.63, 3.8) is 0 Å². The number of aliphatic hydroxyl groups excluding tert-OH is 1. The Bertz CT molecular complexity index is 1190. The van der Waals surface area contributed by atoms with Crippen LogP contribution in [0.25, 0.3) is 10.9 Å². The van der Waals surface area contributed by atoms with Crippen molar-refractivity contribution in [2.45, 2.75) is 44.8 Å². The normalized spacial score (nSPS) is 18.5. The van der Waals surface area contributed by atoms with Gasteiger partial charge in [0.25, 0.3) is 5.52 Å². The molecule has 0 saturated heterocycles. The zero-order valence-electron chi connectivity index (χ0n) is 18.6. The number of carbonyl (C=O) groups excluding carboxylic acids is 1. The van der Waals surface area contributed by atoms with Gasteiger partial charge in [0.15, 0.2) is 0 Å². The number of benzene rings is 2. The number of anilines is 2. The van der Waals surface area contributed by atoms with Gasteiger partial charge in [0.2, 0.25) is 0 Å². The van der Waals surface area contributed by atoms with Crippen LogP contribution in [0, 0.1) is 0 Å². The summed E-state index contributed by atoms with van der Waals surface area (Å²) < 4.78 is 6.56. The second kappa shape index (κ2) is 9.87. The number of nitrogens with zero attached hydrogens (tertiary/aromatic N) is 2. The number of ether oxygens (including phenoxy) is 1. The van der Waals surface area contributed by atoms with Crippen LogP contribution < -0.4 is 20.5 Å². The van der Waals surface area contributed by atoms with E-state index in [9.17, 15) is 15.1 Å². The zero-order chi connectivity index (χ0) is 23.4. The average Bonchev–Trinajstić information content (AvgIpc) is 2.81. The van der Waals surface area contributed by atoms with Gasteiger partial charge in [-0.3, -0.25) is 15.0 Å². The summed E-state index contributed by atoms with van der Waals surface area (Å²) in [6.45, 7) is 2.25. The van der Waals surface area contributed by atoms with E-state index in [1.165, 1.54) is 0 Å². The van der Waals surface area contributed by atoms with Gasteiger partial charge in [-0.15, -0.1) is 0 Å². The number of nitrogens with two attached hydrogens (primary N) is 1. The fraction of sp³-hybridized carbons (Fsp3) is 0.320. The first-order valence-electron chi connectivity index (χ1n) is 11.2. The Morgan fingerprint density at radius 2 is 1.97 bits per heavy atom. The number of pyridine rings is 1. The van der Waals surface area contributed by atoms with E-state index in [1.807, 2.05) is 19.1 Å². The minimum absolute atomic E-state index is 0.0870. The molecule has 1 aliphatic carbocycles. The number of amides is 1. The second-order valence-corrected chi connectivity index (χ2v) is 8.19. The molecule has 0 aliphatic heterocycles. The molecule has 33 heavy (non-hydrogen) atoms. The Morgan fingerprint density at radius 1 is 1.21 bits per heavy atom. The number of para-hydroxylation sites is 1. The fourth-order valence-corrected chi connectivity index (χ4v) is 4.04. The monoisotopic (exact) mass is 449 g/mol. The lowest BCUT2D eigenvalue weighted by Gasteiger charge is -2.22. The van der Waals surface area contributed by atoms with E-state index in [0.717, 1.165) is 35.8 Å². The van der Waals surface area contributed by atoms with Crippen LogP contribution in [0.2, 0.25) is 0 Å². The third kappa shape index (κ3) is 5.06. The van der Waals surface area contributed by atoms with Crippen LogP contribution in [0.5, 0.6) is 5.75 Å². The van der Waals surface area contributed by atoms with Crippen LogP contribution in [-0.2, 0) is 0 Å². The minimum atomic E-state index is -0.488. The fourth-order valence-electron chi connectivity index (χ4n) is 4.04. The van der Waals surface area contributed by atoms with Gasteiger partial charge in [0.1, 0.15) is 5.75 Å². The van der Waals surface area contributed by atoms with Crippen LogP contribution in [0.15, 0.2) is 53.5 Å². The Balaban J connectivity index is 1.61. The molecular formula is C25H29N4O4+. The molecule has 1 aromatic heterocycles. The maximum atomic E-state index is 13.0. The summed E-state index contributed by atoms with van der Waals surface area (Å²) in [5.74, 6) is -0.0512. The van der Waals surface area contributed by atoms with Gasteiger partial charge in [-0.2, -0.15) is 0 Å². The molecule has 172 valence electrons. The molecule has 1 fully saturated rings. The van der Waals surface area contributed by atoms with Crippen LogP contribution in [0.4, 0.5) is 11.4 Å². The highest BCUT2D eigenvalue weighted by atomic mass is 16.5. The second-order valence-electron chi connectivity index (χ2n) is 8.19. The van der Waals surface area contributed by atoms with Gasteiger partial charge in [-0.25, -0.2) is 0 Å². The summed E-state index contributed by atoms with van der Waals surface area (Å²) >= 11 is 0. The highest BCUT2D eigenvalue weighted by Gasteiger charge is 2.24. The average molecular weight is 450 g/mol. The summed E-state index contributed by atoms with van der Waals surface area (Å²) in [6.07, 6.45) is 4.63. The smallest absolute Gasteiger partial charge is 0.325 e. The number of carbonyl (C=O) groups is 1. The van der Waals surface area contributed by atoms with Crippen molar-refractivity contribution in [2.75, 3.05) is 17.7 Å². The molecule has 1 amide bonds. The molecule has 8 heteroatoms. The Hall–Kier alpha value is -3.65. The van der Waals surface area contributed by atoms with E-state index < -0.39 is 5.91 Å². The Kier molecular flexibility index (Phi) is 6.74. The molecule has 8 nitrogen and oxygen atoms in total. The first-order valence-corrected chi connectivity index (χ1v) is 11.2. The van der Waals surface area contributed by atoms with Crippen molar-refractivity contribution < 1.29 is 24.6 Å². The standard InChI is InChI=1S/C25H28N4O4/c1-2-33-24-14-20(26)17(15-27-18-8-10-19(30)11-9-18)13-21(24)28-25(31)23-12-7-16-5-3-4-6-22(16)29(23)32/h3-7,12-15,18-19,26,30-32H,2,8-11H2,1H3/p+1. The summed E-state index contributed by atoms with van der Waals surface area (Å²) in [7, 11) is 0. The highest BCUT2D eigenvalue weighted by Crippen LogP contribution is 2.31. The molecule has 0 atom stereocenters. The number of aliphatic hydroxyl groups is 1. The molecule has 0 unspecified atom stereocenters. The summed E-state index contributed by atoms with van der Waals surface area (Å²) in [6, 6.07) is 14.1. The molecule has 1 saturated carbocycles. The predicted octanol–water partition coefficient (Wildman–Crippen LogP) is 3.32. The van der Waals surface area contributed by atoms with E-state index in [1.54, 1.807) is 42.6 Å². The maximum Gasteiger partial charge on any atom is 0.325 e. The van der Waals surface area contributed by atoms with Gasteiger partial charge in [0, 0.05) is 40.4 Å². The van der Waals surface area contributed by atoms with Gasteiger partial charge in [0.05, 0.1) is 29.8 Å². The lowest BCUT2D eigenvalue weighted by atomic mass is 9.93. The zero-order valence-corrected chi connectivity index (χ0v) is 18.6. The predicted molar refractivity (Wildman–Crippen MR) is 127 cm³/mol. The van der Waals surface area contributed by atoms with Crippen molar-refractivity contribution in [2.24, 2.45) is 4.99 Å². The third-order valence-corrected chi connectivity index (χ3v) is 5.87. The van der Waals surface area contributed by atoms with Crippen LogP contribution >= 0.6 is 0 Å². The van der Waals surface area contributed by atoms with Crippen molar-refractivity contribution in [3.05, 3.63) is 59.8 Å². The first kappa shape index (κ1) is 22.5. The molecule has 3 aromatic rings. The number of hydrogen-bond acceptors (Lipinski definition) is 6. The van der Waals surface area contributed by atoms with Crippen LogP contribution in [-0.4, -0.2) is 41.2 Å². The molecule has 0 bridgehead atoms. The van der Waals surface area contributed by atoms with Gasteiger partial charge in [-0.1, -0.05) is 12.1 Å². The molecular weight excluding hydrogens is 420 g/mol. The third-order valence-electron chi connectivity index (χ3n) is 5.87. The Labute approximate surface area is 192 Å². The lowest BCUT2D eigenvalue weighted by Crippen LogP contribution is -2.40. The minimum Gasteiger partial charge on any atom is -0.492 e. The van der Waals surface area contributed by atoms with Crippen molar-refractivity contribution in [1.82, 2.24) is 0 Å². The number of fused-ring (bicyclic) bond motifs is 1. The molecule has 0 spiro atoms. The maximum absolute atomic E-state index is 13.0. The summed E-state index contributed by atoms with van der Waals surface area (Å²) in [4.78, 5) is 17.7. The Morgan fingerprint density at radius 3 is 2.73 bits per heavy atom. The summed E-state index contributed by atoms with van der Waals surface area (Å²) in [5.41, 5.74) is 8.41. The topological polar surface area (TPSA) is 121 Å². The number of aliphatic imine (C=N–C) groups is 1. The number of aromatic nitrogens is 1. The first-order chi connectivity index (χ1) is 16.0. The largest absolute Gasteiger partial charge is 0.492 e. The van der Waals surface area contributed by atoms with E-state index in [-0.39, 0.29) is 17.8 Å². The SMILES string of the molecule is CCOc1cc(N)c(C=NC2CCC(O)CC2)cc1NC(=O)c1ccc2ccccc2[n+]1O. The van der Waals surface area contributed by atoms with Gasteiger partial charge in [-0.05, 0) is 50.8 Å². The van der Waals surface area contributed by atoms with Crippen molar-refractivity contribution in [3.8, 4) is 5.75 Å². The van der Waals surface area contributed by atoms with Gasteiger partial charge < -0.3 is 20.9 Å². The quantitative estimate of drug-likeness (QED) is 0.199. The molecule has 2 aromatic carbocycles. The number of rotatable bonds is 6. The van der Waals surface area contributed by atoms with E-state index in [2.05, 4.69) is 10.3 Å². The molecule has 5 N–H and O–H groups in total. The van der Waals surface area contributed by atoms with Crippen LogP contribution in [0.1, 0.15) is 48.7 Å². The molecule has 1 heterocycles. The van der Waals surface area contributed by atoms with Crippen LogP contribution in [0.3, 0.4) is 0 Å².